The van der Waals surface area contributed by atoms with Gasteiger partial charge in [0.1, 0.15) is 0 Å². The van der Waals surface area contributed by atoms with E-state index in [1.165, 1.54) is 5.56 Å². The van der Waals surface area contributed by atoms with E-state index in [-0.39, 0.29) is 12.3 Å². The highest BCUT2D eigenvalue weighted by Gasteiger charge is 2.26. The van der Waals surface area contributed by atoms with Crippen molar-refractivity contribution in [3.63, 3.8) is 0 Å². The Morgan fingerprint density at radius 3 is 2.96 bits per heavy atom. The fourth-order valence-corrected chi connectivity index (χ4v) is 3.25. The number of carboxylic acid groups (broad SMARTS) is 1. The number of aromatic amines is 1. The Morgan fingerprint density at radius 1 is 1.38 bits per heavy atom. The fraction of sp³-hybridized carbons (Fsp3) is 0.444. The minimum Gasteiger partial charge on any atom is -0.481 e. The van der Waals surface area contributed by atoms with Gasteiger partial charge >= 0.3 is 5.97 Å². The van der Waals surface area contributed by atoms with E-state index in [9.17, 15) is 9.59 Å². The Balaban J connectivity index is 1.72. The Morgan fingerprint density at radius 2 is 2.21 bits per heavy atom. The van der Waals surface area contributed by atoms with Crippen molar-refractivity contribution >= 4 is 22.8 Å². The Bertz CT molecular complexity index is 753. The van der Waals surface area contributed by atoms with E-state index in [1.54, 1.807) is 4.90 Å². The van der Waals surface area contributed by atoms with E-state index in [2.05, 4.69) is 18.0 Å². The third-order valence-electron chi connectivity index (χ3n) is 4.50. The standard InChI is InChI=1S/C18H22N2O4/c1-2-12-4-3-5-15-13(10-19-18(12)15)8-16(21)20-6-7-24-14(11-20)9-17(22)23/h3-5,10,14,19H,2,6-9,11H2,1H3,(H,22,23)/t14-/m0/s1. The zero-order chi connectivity index (χ0) is 17.1. The first-order valence-corrected chi connectivity index (χ1v) is 8.27. The molecule has 1 saturated heterocycles. The average molecular weight is 330 g/mol. The Kier molecular flexibility index (Phi) is 4.85. The van der Waals surface area contributed by atoms with Gasteiger partial charge < -0.3 is 19.7 Å². The quantitative estimate of drug-likeness (QED) is 0.878. The highest BCUT2D eigenvalue weighted by atomic mass is 16.5. The van der Waals surface area contributed by atoms with Crippen molar-refractivity contribution in [1.82, 2.24) is 9.88 Å². The van der Waals surface area contributed by atoms with Crippen molar-refractivity contribution in [2.45, 2.75) is 32.3 Å². The smallest absolute Gasteiger partial charge is 0.306 e. The van der Waals surface area contributed by atoms with Crippen LogP contribution in [0.5, 0.6) is 0 Å². The number of carboxylic acids is 1. The van der Waals surface area contributed by atoms with Crippen molar-refractivity contribution in [3.8, 4) is 0 Å². The molecule has 1 fully saturated rings. The summed E-state index contributed by atoms with van der Waals surface area (Å²) in [6, 6.07) is 6.13. The number of morpholine rings is 1. The van der Waals surface area contributed by atoms with Crippen LogP contribution in [0.15, 0.2) is 24.4 Å². The number of aromatic nitrogens is 1. The van der Waals surface area contributed by atoms with E-state index in [0.29, 0.717) is 26.1 Å². The molecular formula is C18H22N2O4. The molecule has 1 aliphatic heterocycles. The fourth-order valence-electron chi connectivity index (χ4n) is 3.25. The number of aliphatic carboxylic acids is 1. The van der Waals surface area contributed by atoms with Crippen LogP contribution in [0.25, 0.3) is 10.9 Å². The maximum Gasteiger partial charge on any atom is 0.306 e. The second-order valence-corrected chi connectivity index (χ2v) is 6.11. The van der Waals surface area contributed by atoms with Crippen LogP contribution in [0.3, 0.4) is 0 Å². The topological polar surface area (TPSA) is 82.6 Å². The summed E-state index contributed by atoms with van der Waals surface area (Å²) >= 11 is 0. The largest absolute Gasteiger partial charge is 0.481 e. The molecule has 128 valence electrons. The van der Waals surface area contributed by atoms with Gasteiger partial charge in [-0.3, -0.25) is 9.59 Å². The maximum atomic E-state index is 12.6. The van der Waals surface area contributed by atoms with Gasteiger partial charge in [-0.05, 0) is 17.5 Å². The van der Waals surface area contributed by atoms with Gasteiger partial charge in [0.25, 0.3) is 0 Å². The summed E-state index contributed by atoms with van der Waals surface area (Å²) in [7, 11) is 0. The molecule has 2 N–H and O–H groups in total. The molecule has 3 rings (SSSR count). The summed E-state index contributed by atoms with van der Waals surface area (Å²) in [5.41, 5.74) is 3.30. The van der Waals surface area contributed by atoms with E-state index < -0.39 is 12.1 Å². The van der Waals surface area contributed by atoms with Gasteiger partial charge in [0, 0.05) is 30.2 Å². The molecule has 1 atom stereocenters. The minimum atomic E-state index is -0.905. The van der Waals surface area contributed by atoms with Crippen LogP contribution < -0.4 is 0 Å². The van der Waals surface area contributed by atoms with Gasteiger partial charge in [0.05, 0.1) is 25.6 Å². The number of benzene rings is 1. The zero-order valence-electron chi connectivity index (χ0n) is 13.7. The number of nitrogens with one attached hydrogen (secondary N) is 1. The molecule has 0 unspecified atom stereocenters. The summed E-state index contributed by atoms with van der Waals surface area (Å²) in [6.07, 6.45) is 2.65. The number of rotatable bonds is 5. The zero-order valence-corrected chi connectivity index (χ0v) is 13.7. The van der Waals surface area contributed by atoms with Crippen LogP contribution in [0.1, 0.15) is 24.5 Å². The molecule has 1 aliphatic rings. The van der Waals surface area contributed by atoms with Gasteiger partial charge in [-0.2, -0.15) is 0 Å². The number of nitrogens with zero attached hydrogens (tertiary/aromatic N) is 1. The third-order valence-corrected chi connectivity index (χ3v) is 4.50. The van der Waals surface area contributed by atoms with Gasteiger partial charge in [0.2, 0.25) is 5.91 Å². The Hall–Kier alpha value is -2.34. The number of carbonyl (C=O) groups excluding carboxylic acids is 1. The monoisotopic (exact) mass is 330 g/mol. The van der Waals surface area contributed by atoms with Crippen LogP contribution in [-0.2, 0) is 27.2 Å². The summed E-state index contributed by atoms with van der Waals surface area (Å²) in [6.45, 7) is 3.35. The first-order valence-electron chi connectivity index (χ1n) is 8.27. The van der Waals surface area contributed by atoms with E-state index in [0.717, 1.165) is 22.9 Å². The first-order chi connectivity index (χ1) is 11.6. The lowest BCUT2D eigenvalue weighted by molar-refractivity contribution is -0.147. The molecule has 2 aromatic rings. The van der Waals surface area contributed by atoms with Crippen molar-refractivity contribution in [1.29, 1.82) is 0 Å². The molecule has 0 spiro atoms. The molecule has 2 heterocycles. The predicted molar refractivity (Wildman–Crippen MR) is 90.0 cm³/mol. The van der Waals surface area contributed by atoms with Gasteiger partial charge in [-0.15, -0.1) is 0 Å². The predicted octanol–water partition coefficient (Wildman–Crippen LogP) is 1.97. The molecular weight excluding hydrogens is 308 g/mol. The number of hydrogen-bond donors (Lipinski definition) is 2. The van der Waals surface area contributed by atoms with E-state index in [1.807, 2.05) is 18.3 Å². The number of carbonyl (C=O) groups is 2. The van der Waals surface area contributed by atoms with Crippen molar-refractivity contribution in [3.05, 3.63) is 35.5 Å². The number of fused-ring (bicyclic) bond motifs is 1. The lowest BCUT2D eigenvalue weighted by atomic mass is 10.0. The molecule has 0 radical (unpaired) electrons. The second-order valence-electron chi connectivity index (χ2n) is 6.11. The van der Waals surface area contributed by atoms with Crippen LogP contribution in [0.2, 0.25) is 0 Å². The number of H-pyrrole nitrogens is 1. The second kappa shape index (κ2) is 7.05. The van der Waals surface area contributed by atoms with Gasteiger partial charge in [-0.25, -0.2) is 0 Å². The lowest BCUT2D eigenvalue weighted by Gasteiger charge is -2.32. The molecule has 1 amide bonds. The highest BCUT2D eigenvalue weighted by molar-refractivity contribution is 5.90. The van der Waals surface area contributed by atoms with E-state index in [4.69, 9.17) is 9.84 Å². The van der Waals surface area contributed by atoms with Crippen molar-refractivity contribution < 1.29 is 19.4 Å². The number of para-hydroxylation sites is 1. The van der Waals surface area contributed by atoms with Crippen LogP contribution in [0, 0.1) is 0 Å². The Labute approximate surface area is 140 Å². The number of aryl methyl sites for hydroxylation is 1. The van der Waals surface area contributed by atoms with Gasteiger partial charge in [-0.1, -0.05) is 25.1 Å². The minimum absolute atomic E-state index is 0.0106. The summed E-state index contributed by atoms with van der Waals surface area (Å²) in [5, 5.41) is 9.96. The number of ether oxygens (including phenoxy) is 1. The molecule has 0 aliphatic carbocycles. The SMILES string of the molecule is CCc1cccc2c(CC(=O)N3CCO[C@@H](CC(=O)O)C3)c[nH]c12. The van der Waals surface area contributed by atoms with E-state index >= 15 is 0 Å². The molecule has 6 nitrogen and oxygen atoms in total. The summed E-state index contributed by atoms with van der Waals surface area (Å²) in [4.78, 5) is 28.4. The van der Waals surface area contributed by atoms with Crippen molar-refractivity contribution in [2.75, 3.05) is 19.7 Å². The van der Waals surface area contributed by atoms with Crippen LogP contribution in [-0.4, -0.2) is 52.7 Å². The van der Waals surface area contributed by atoms with Gasteiger partial charge in [0.15, 0.2) is 0 Å². The molecule has 24 heavy (non-hydrogen) atoms. The normalized spacial score (nSPS) is 18.0. The average Bonchev–Trinajstić information content (AvgIpc) is 2.97. The van der Waals surface area contributed by atoms with Crippen LogP contribution in [0.4, 0.5) is 0 Å². The summed E-state index contributed by atoms with van der Waals surface area (Å²) < 4.78 is 5.42. The first kappa shape index (κ1) is 16.5. The van der Waals surface area contributed by atoms with Crippen LogP contribution >= 0.6 is 0 Å². The molecule has 1 aromatic heterocycles. The molecule has 1 aromatic carbocycles. The summed E-state index contributed by atoms with van der Waals surface area (Å²) in [5.74, 6) is -0.894. The van der Waals surface area contributed by atoms with Crippen molar-refractivity contribution in [2.24, 2.45) is 0 Å². The number of amides is 1. The lowest BCUT2D eigenvalue weighted by Crippen LogP contribution is -2.46. The number of hydrogen-bond acceptors (Lipinski definition) is 3. The maximum absolute atomic E-state index is 12.6. The highest BCUT2D eigenvalue weighted by Crippen LogP contribution is 2.23. The third kappa shape index (κ3) is 3.43. The molecule has 0 saturated carbocycles. The molecule has 0 bridgehead atoms. The molecule has 6 heteroatoms.